The lowest BCUT2D eigenvalue weighted by molar-refractivity contribution is 1.18. The topological polar surface area (TPSA) is 32.3 Å². The lowest BCUT2D eigenvalue weighted by Crippen LogP contribution is -2.61. The first kappa shape index (κ1) is 37.6. The standard InChI is InChI=1S/C62H39BN4/c1-5-19-42(20-6-1)55-39-56(43-21-7-2-8-22-43)65-62(64-55)46-35-59-61-60(36-46)67(48-25-11-4-12-26-48)58-38-52-45(32-30-41-18-14-16-28-50(41)52)34-54(58)63(61)53-33-44-31-29-40-17-13-15-27-49(40)51(44)37-57(53)66(59)47-23-9-3-10-24-47/h1-39H. The van der Waals surface area contributed by atoms with Crippen LogP contribution in [0.2, 0.25) is 0 Å². The smallest absolute Gasteiger partial charge is 0.252 e. The first-order valence-corrected chi connectivity index (χ1v) is 23.0. The lowest BCUT2D eigenvalue weighted by Gasteiger charge is -2.44. The molecule has 14 rings (SSSR count). The predicted octanol–water partition coefficient (Wildman–Crippen LogP) is 14.2. The van der Waals surface area contributed by atoms with Crippen molar-refractivity contribution < 1.29 is 0 Å². The summed E-state index contributed by atoms with van der Waals surface area (Å²) >= 11 is 0. The van der Waals surface area contributed by atoms with Crippen LogP contribution in [0.3, 0.4) is 0 Å². The lowest BCUT2D eigenvalue weighted by atomic mass is 9.33. The molecule has 2 aliphatic rings. The quantitative estimate of drug-likeness (QED) is 0.128. The van der Waals surface area contributed by atoms with Crippen LogP contribution in [-0.2, 0) is 0 Å². The third-order valence-electron chi connectivity index (χ3n) is 13.9. The molecule has 1 aromatic heterocycles. The fourth-order valence-electron chi connectivity index (χ4n) is 10.9. The molecule has 67 heavy (non-hydrogen) atoms. The first-order chi connectivity index (χ1) is 33.2. The number of hydrogen-bond acceptors (Lipinski definition) is 4. The van der Waals surface area contributed by atoms with Gasteiger partial charge in [-0.05, 0) is 114 Å². The van der Waals surface area contributed by atoms with Crippen LogP contribution in [0.15, 0.2) is 237 Å². The van der Waals surface area contributed by atoms with Crippen LogP contribution in [0, 0.1) is 0 Å². The van der Waals surface area contributed by atoms with Gasteiger partial charge in [0, 0.05) is 50.8 Å². The van der Waals surface area contributed by atoms with Crippen LogP contribution >= 0.6 is 0 Å². The predicted molar refractivity (Wildman–Crippen MR) is 282 cm³/mol. The van der Waals surface area contributed by atoms with E-state index in [1.807, 2.05) is 0 Å². The third kappa shape index (κ3) is 5.95. The number of anilines is 6. The van der Waals surface area contributed by atoms with Gasteiger partial charge in [-0.15, -0.1) is 0 Å². The summed E-state index contributed by atoms with van der Waals surface area (Å²) in [4.78, 5) is 15.9. The van der Waals surface area contributed by atoms with E-state index in [0.717, 1.165) is 62.2 Å². The summed E-state index contributed by atoms with van der Waals surface area (Å²) in [5.74, 6) is 0.669. The van der Waals surface area contributed by atoms with Crippen molar-refractivity contribution in [1.82, 2.24) is 9.97 Å². The minimum absolute atomic E-state index is 0.0906. The Morgan fingerprint density at radius 2 is 0.701 bits per heavy atom. The van der Waals surface area contributed by atoms with Gasteiger partial charge in [-0.2, -0.15) is 0 Å². The highest BCUT2D eigenvalue weighted by molar-refractivity contribution is 7.00. The normalized spacial score (nSPS) is 12.7. The highest BCUT2D eigenvalue weighted by Gasteiger charge is 2.44. The molecule has 0 bridgehead atoms. The Kier molecular flexibility index (Phi) is 8.34. The van der Waals surface area contributed by atoms with Gasteiger partial charge in [0.2, 0.25) is 0 Å². The highest BCUT2D eigenvalue weighted by Crippen LogP contribution is 2.48. The van der Waals surface area contributed by atoms with Crippen molar-refractivity contribution in [3.05, 3.63) is 237 Å². The maximum absolute atomic E-state index is 5.45. The molecule has 0 aliphatic carbocycles. The molecular weight excluding hydrogens is 812 g/mol. The van der Waals surface area contributed by atoms with E-state index in [0.29, 0.717) is 5.82 Å². The fourth-order valence-corrected chi connectivity index (χ4v) is 10.9. The largest absolute Gasteiger partial charge is 0.311 e. The summed E-state index contributed by atoms with van der Waals surface area (Å²) in [5.41, 5.74) is 15.3. The van der Waals surface area contributed by atoms with Crippen molar-refractivity contribution in [2.45, 2.75) is 0 Å². The molecule has 0 saturated heterocycles. The van der Waals surface area contributed by atoms with Crippen molar-refractivity contribution in [2.24, 2.45) is 0 Å². The van der Waals surface area contributed by atoms with Gasteiger partial charge in [-0.1, -0.05) is 182 Å². The number of rotatable bonds is 5. The van der Waals surface area contributed by atoms with Crippen molar-refractivity contribution >= 4 is 100 Å². The second kappa shape index (κ2) is 14.9. The van der Waals surface area contributed by atoms with Gasteiger partial charge in [0.25, 0.3) is 6.71 Å². The molecule has 12 aromatic rings. The van der Waals surface area contributed by atoms with Crippen molar-refractivity contribution in [3.8, 4) is 33.9 Å². The molecule has 11 aromatic carbocycles. The van der Waals surface area contributed by atoms with E-state index in [4.69, 9.17) is 9.97 Å². The van der Waals surface area contributed by atoms with Gasteiger partial charge in [0.15, 0.2) is 5.82 Å². The summed E-state index contributed by atoms with van der Waals surface area (Å²) in [5, 5.41) is 9.86. The Morgan fingerprint density at radius 3 is 1.16 bits per heavy atom. The van der Waals surface area contributed by atoms with Gasteiger partial charge < -0.3 is 9.80 Å². The van der Waals surface area contributed by atoms with Crippen LogP contribution in [0.4, 0.5) is 34.1 Å². The van der Waals surface area contributed by atoms with Gasteiger partial charge in [-0.25, -0.2) is 9.97 Å². The molecule has 0 amide bonds. The molecule has 5 heteroatoms. The zero-order chi connectivity index (χ0) is 44.0. The fraction of sp³-hybridized carbons (Fsp3) is 0. The van der Waals surface area contributed by atoms with Crippen molar-refractivity contribution in [3.63, 3.8) is 0 Å². The molecule has 4 nitrogen and oxygen atoms in total. The van der Waals surface area contributed by atoms with E-state index in [1.165, 1.54) is 59.5 Å². The number of aromatic nitrogens is 2. The van der Waals surface area contributed by atoms with Gasteiger partial charge >= 0.3 is 0 Å². The Hall–Kier alpha value is -8.80. The zero-order valence-corrected chi connectivity index (χ0v) is 36.4. The van der Waals surface area contributed by atoms with E-state index in [1.54, 1.807) is 0 Å². The first-order valence-electron chi connectivity index (χ1n) is 23.0. The minimum Gasteiger partial charge on any atom is -0.311 e. The van der Waals surface area contributed by atoms with Crippen LogP contribution in [0.5, 0.6) is 0 Å². The summed E-state index contributed by atoms with van der Waals surface area (Å²) in [7, 11) is 0. The summed E-state index contributed by atoms with van der Waals surface area (Å²) in [6, 6.07) is 86.0. The van der Waals surface area contributed by atoms with E-state index < -0.39 is 0 Å². The third-order valence-corrected chi connectivity index (χ3v) is 13.9. The number of para-hydroxylation sites is 2. The van der Waals surface area contributed by atoms with Crippen LogP contribution in [0.25, 0.3) is 77.0 Å². The maximum atomic E-state index is 5.45. The number of nitrogens with zero attached hydrogens (tertiary/aromatic N) is 4. The van der Waals surface area contributed by atoms with E-state index >= 15 is 0 Å². The van der Waals surface area contributed by atoms with Gasteiger partial charge in [0.05, 0.1) is 11.4 Å². The van der Waals surface area contributed by atoms with Crippen LogP contribution < -0.4 is 26.2 Å². The molecular formula is C62H39BN4. The van der Waals surface area contributed by atoms with E-state index in [2.05, 4.69) is 246 Å². The Morgan fingerprint density at radius 1 is 0.299 bits per heavy atom. The highest BCUT2D eigenvalue weighted by atomic mass is 15.2. The average Bonchev–Trinajstić information content (AvgIpc) is 3.40. The van der Waals surface area contributed by atoms with Gasteiger partial charge in [-0.3, -0.25) is 0 Å². The molecule has 0 atom stereocenters. The molecule has 2 aliphatic heterocycles. The van der Waals surface area contributed by atoms with Crippen LogP contribution in [0.1, 0.15) is 0 Å². The zero-order valence-electron chi connectivity index (χ0n) is 36.4. The number of benzene rings is 11. The molecule has 0 saturated carbocycles. The van der Waals surface area contributed by atoms with E-state index in [9.17, 15) is 0 Å². The second-order valence-corrected chi connectivity index (χ2v) is 17.7. The Balaban J connectivity index is 1.13. The molecule has 0 spiro atoms. The number of fused-ring (bicyclic) bond motifs is 10. The molecule has 0 fully saturated rings. The van der Waals surface area contributed by atoms with Crippen LogP contribution in [-0.4, -0.2) is 16.7 Å². The molecule has 3 heterocycles. The van der Waals surface area contributed by atoms with E-state index in [-0.39, 0.29) is 6.71 Å². The molecule has 0 N–H and O–H groups in total. The summed E-state index contributed by atoms with van der Waals surface area (Å²) < 4.78 is 0. The molecule has 0 radical (unpaired) electrons. The monoisotopic (exact) mass is 850 g/mol. The Labute approximate surface area is 388 Å². The second-order valence-electron chi connectivity index (χ2n) is 17.7. The molecule has 310 valence electrons. The maximum Gasteiger partial charge on any atom is 0.252 e. The van der Waals surface area contributed by atoms with Crippen molar-refractivity contribution in [1.29, 1.82) is 0 Å². The molecule has 0 unspecified atom stereocenters. The summed E-state index contributed by atoms with van der Waals surface area (Å²) in [6.07, 6.45) is 0. The minimum atomic E-state index is -0.0906. The Bertz CT molecular complexity index is 3680. The van der Waals surface area contributed by atoms with Crippen molar-refractivity contribution in [2.75, 3.05) is 9.80 Å². The summed E-state index contributed by atoms with van der Waals surface area (Å²) in [6.45, 7) is -0.0906. The average molecular weight is 851 g/mol. The SMILES string of the molecule is c1ccc(-c2cc(-c3ccccc3)nc(-c3cc4c5c(c3)N(c3ccccc3)c3cc6c(ccc7ccccc76)cc3B5c3cc5ccc6ccccc6c5cc3N4c3ccccc3)n2)cc1. The number of hydrogen-bond donors (Lipinski definition) is 0. The van der Waals surface area contributed by atoms with Gasteiger partial charge in [0.1, 0.15) is 0 Å².